The second-order valence-corrected chi connectivity index (χ2v) is 21.2. The molecule has 0 radical (unpaired) electrons. The van der Waals surface area contributed by atoms with Crippen LogP contribution in [-0.2, 0) is 52.2 Å². The van der Waals surface area contributed by atoms with Gasteiger partial charge >= 0.3 is 5.97 Å². The minimum atomic E-state index is -1.97. The van der Waals surface area contributed by atoms with Gasteiger partial charge in [0.05, 0.1) is 48.6 Å². The maximum absolute atomic E-state index is 14.1. The van der Waals surface area contributed by atoms with Crippen LogP contribution < -0.4 is 0 Å². The smallest absolute Gasteiger partial charge is 0.311 e. The number of allylic oxidation sites excluding steroid dienone is 3. The van der Waals surface area contributed by atoms with Gasteiger partial charge in [0.15, 0.2) is 17.4 Å². The van der Waals surface area contributed by atoms with E-state index in [0.29, 0.717) is 57.8 Å². The average molecular weight is 875 g/mol. The zero-order valence-corrected chi connectivity index (χ0v) is 37.3. The molecule has 9 aliphatic heterocycles. The van der Waals surface area contributed by atoms with E-state index < -0.39 is 107 Å². The van der Waals surface area contributed by atoms with E-state index in [-0.39, 0.29) is 50.1 Å². The summed E-state index contributed by atoms with van der Waals surface area (Å²) in [4.78, 5) is 28.0. The van der Waals surface area contributed by atoms with Crippen molar-refractivity contribution in [1.82, 2.24) is 0 Å². The summed E-state index contributed by atoms with van der Waals surface area (Å²) in [6.07, 6.45) is 4.76. The number of aliphatic hydroxyl groups excluding tert-OH is 3. The summed E-state index contributed by atoms with van der Waals surface area (Å²) in [6.45, 7) is 11.7. The monoisotopic (exact) mass is 874 g/mol. The Morgan fingerprint density at radius 1 is 0.806 bits per heavy atom. The largest absolute Gasteiger partial charge is 0.459 e. The lowest BCUT2D eigenvalue weighted by Gasteiger charge is -2.47. The molecule has 2 spiro atoms. The van der Waals surface area contributed by atoms with Gasteiger partial charge in [0.1, 0.15) is 48.3 Å². The van der Waals surface area contributed by atoms with Gasteiger partial charge in [-0.3, -0.25) is 9.59 Å². The molecular formula is C47H70O15. The first-order chi connectivity index (χ1) is 29.3. The standard InChI is InChI=1S/C47H70O15/c1-26-9-10-32-34(21-37(55-32)47(53)39(50)28(3)13-19-54-47)56-41(52)29(4)31-8-7-14-45(57-31)16-11-33(58-45)40(51)43(6)23-30(49)38(61-43)35-24-44(25-48)17-18-46(59-35,62-44)36-12-15-42(5,60-36)22-27(2)20-26/h9-10,20,27-29,31-40,48,50-51,53H,7-8,11-19,21-25H2,1-6H3/t27-,28+,29+,31-,32+,33-,34+,35+,36+,37-,38-,39+,40+,42+,43+,44-,45-,46-,47+/m1/s1. The van der Waals surface area contributed by atoms with Gasteiger partial charge in [0, 0.05) is 38.5 Å². The van der Waals surface area contributed by atoms with E-state index in [1.807, 2.05) is 26.0 Å². The second-order valence-electron chi connectivity index (χ2n) is 21.2. The van der Waals surface area contributed by atoms with E-state index in [1.54, 1.807) is 13.8 Å². The highest BCUT2D eigenvalue weighted by atomic mass is 16.8. The van der Waals surface area contributed by atoms with Crippen LogP contribution in [0.2, 0.25) is 0 Å². The summed E-state index contributed by atoms with van der Waals surface area (Å²) < 4.78 is 58.8. The van der Waals surface area contributed by atoms with Crippen molar-refractivity contribution in [3.63, 3.8) is 0 Å². The molecule has 8 fully saturated rings. The number of fused-ring (bicyclic) bond motifs is 10. The molecule has 9 heterocycles. The first-order valence-electron chi connectivity index (χ1n) is 23.5. The Labute approximate surface area is 365 Å². The van der Waals surface area contributed by atoms with Gasteiger partial charge < -0.3 is 63.1 Å². The predicted octanol–water partition coefficient (Wildman–Crippen LogP) is 4.23. The van der Waals surface area contributed by atoms with E-state index in [0.717, 1.165) is 18.4 Å². The molecule has 0 aromatic heterocycles. The van der Waals surface area contributed by atoms with Gasteiger partial charge in [0.25, 0.3) is 0 Å². The van der Waals surface area contributed by atoms with E-state index in [1.165, 1.54) is 0 Å². The number of ketones is 1. The van der Waals surface area contributed by atoms with E-state index in [9.17, 15) is 30.0 Å². The Balaban J connectivity index is 1.01. The number of aliphatic hydroxyl groups is 4. The molecule has 0 amide bonds. The van der Waals surface area contributed by atoms with Crippen LogP contribution in [0.3, 0.4) is 0 Å². The topological polar surface area (TPSA) is 198 Å². The van der Waals surface area contributed by atoms with Crippen LogP contribution in [0.1, 0.15) is 131 Å². The fraction of sp³-hybridized carbons (Fsp3) is 0.872. The SMILES string of the molecule is CC1=C[C@@H](C)C[C@]2(C)CC[C@H](O2)[C@]23CC[C@](CO)(C[C@H](O2)[C@@H]2O[C@@](C)(CC2=O)[C@@H](O)[C@H]2CC[C@@]4(CCC[C@@H](O4)[C@H](C)C(=O)O[C@H]4C[C@H]([C@]5(O)OCC[C@H](C)[C@@H]5O)O[C@H]4C=C1)O2)O3. The van der Waals surface area contributed by atoms with Gasteiger partial charge in [-0.05, 0) is 90.9 Å². The number of carbonyl (C=O) groups is 2. The fourth-order valence-corrected chi connectivity index (χ4v) is 12.5. The maximum Gasteiger partial charge on any atom is 0.311 e. The maximum atomic E-state index is 14.1. The summed E-state index contributed by atoms with van der Waals surface area (Å²) in [6, 6.07) is 0. The van der Waals surface area contributed by atoms with Crippen molar-refractivity contribution >= 4 is 11.8 Å². The van der Waals surface area contributed by atoms with Gasteiger partial charge in [-0.1, -0.05) is 37.6 Å². The molecule has 0 saturated carbocycles. The number of ether oxygens (including phenoxy) is 9. The van der Waals surface area contributed by atoms with Gasteiger partial charge in [-0.25, -0.2) is 0 Å². The molecule has 0 aliphatic carbocycles. The Kier molecular flexibility index (Phi) is 12.0. The highest BCUT2D eigenvalue weighted by molar-refractivity contribution is 5.86. The Morgan fingerprint density at radius 3 is 2.39 bits per heavy atom. The lowest BCUT2D eigenvalue weighted by atomic mass is 9.87. The number of esters is 1. The average Bonchev–Trinajstić information content (AvgIpc) is 4.06. The number of carbonyl (C=O) groups excluding carboxylic acids is 2. The molecule has 19 atom stereocenters. The fourth-order valence-electron chi connectivity index (χ4n) is 12.5. The van der Waals surface area contributed by atoms with Crippen LogP contribution in [0.5, 0.6) is 0 Å². The van der Waals surface area contributed by atoms with Crippen molar-refractivity contribution < 1.29 is 72.6 Å². The van der Waals surface area contributed by atoms with E-state index in [4.69, 9.17) is 42.6 Å². The summed E-state index contributed by atoms with van der Waals surface area (Å²) in [7, 11) is 0. The number of Topliss-reactive ketones (excluding diaryl/α,β-unsaturated/α-hetero) is 1. The number of hydrogen-bond acceptors (Lipinski definition) is 15. The molecule has 9 aliphatic rings. The van der Waals surface area contributed by atoms with E-state index >= 15 is 0 Å². The third-order valence-electron chi connectivity index (χ3n) is 16.0. The zero-order chi connectivity index (χ0) is 44.0. The van der Waals surface area contributed by atoms with Crippen molar-refractivity contribution in [2.24, 2.45) is 17.8 Å². The Hall–Kier alpha value is -1.86. The molecule has 0 unspecified atom stereocenters. The minimum absolute atomic E-state index is 0.0379. The third kappa shape index (κ3) is 8.09. The third-order valence-corrected chi connectivity index (χ3v) is 16.0. The van der Waals surface area contributed by atoms with Crippen LogP contribution in [0.15, 0.2) is 23.8 Å². The molecule has 15 nitrogen and oxygen atoms in total. The van der Waals surface area contributed by atoms with Crippen LogP contribution in [0.25, 0.3) is 0 Å². The number of hydrogen-bond donors (Lipinski definition) is 4. The predicted molar refractivity (Wildman–Crippen MR) is 219 cm³/mol. The summed E-state index contributed by atoms with van der Waals surface area (Å²) in [5, 5.41) is 45.5. The van der Waals surface area contributed by atoms with Crippen LogP contribution >= 0.6 is 0 Å². The first kappa shape index (κ1) is 45.3. The summed E-state index contributed by atoms with van der Waals surface area (Å²) in [5.74, 6) is -5.63. The van der Waals surface area contributed by atoms with Crippen molar-refractivity contribution in [1.29, 1.82) is 0 Å². The van der Waals surface area contributed by atoms with Crippen molar-refractivity contribution in [3.05, 3.63) is 23.8 Å². The summed E-state index contributed by atoms with van der Waals surface area (Å²) in [5.41, 5.74) is -1.73. The quantitative estimate of drug-likeness (QED) is 0.288. The summed E-state index contributed by atoms with van der Waals surface area (Å²) >= 11 is 0. The van der Waals surface area contributed by atoms with Crippen LogP contribution in [0, 0.1) is 17.8 Å². The number of rotatable bonds is 2. The molecule has 8 saturated heterocycles. The molecule has 10 bridgehead atoms. The molecule has 0 aromatic carbocycles. The molecule has 4 N–H and O–H groups in total. The molecule has 0 aromatic rings. The van der Waals surface area contributed by atoms with Crippen LogP contribution in [0.4, 0.5) is 0 Å². The van der Waals surface area contributed by atoms with Gasteiger partial charge in [-0.2, -0.15) is 0 Å². The van der Waals surface area contributed by atoms with Gasteiger partial charge in [-0.15, -0.1) is 0 Å². The highest BCUT2D eigenvalue weighted by Gasteiger charge is 2.66. The lowest BCUT2D eigenvalue weighted by Crippen LogP contribution is -2.59. The lowest BCUT2D eigenvalue weighted by molar-refractivity contribution is -0.365. The molecule has 348 valence electrons. The second kappa shape index (κ2) is 16.5. The molecule has 15 heteroatoms. The Bertz CT molecular complexity index is 1770. The molecular weight excluding hydrogens is 805 g/mol. The van der Waals surface area contributed by atoms with Gasteiger partial charge in [0.2, 0.25) is 5.79 Å². The first-order valence-corrected chi connectivity index (χ1v) is 23.5. The zero-order valence-electron chi connectivity index (χ0n) is 37.3. The molecule has 62 heavy (non-hydrogen) atoms. The van der Waals surface area contributed by atoms with E-state index in [2.05, 4.69) is 19.9 Å². The minimum Gasteiger partial charge on any atom is -0.459 e. The Morgan fingerprint density at radius 2 is 1.60 bits per heavy atom. The molecule has 9 rings (SSSR count). The van der Waals surface area contributed by atoms with Crippen molar-refractivity contribution in [3.8, 4) is 0 Å². The highest BCUT2D eigenvalue weighted by Crippen LogP contribution is 2.55. The van der Waals surface area contributed by atoms with Crippen molar-refractivity contribution in [2.45, 2.75) is 227 Å². The van der Waals surface area contributed by atoms with Crippen LogP contribution in [-0.4, -0.2) is 141 Å². The normalized spacial score (nSPS) is 53.6. The van der Waals surface area contributed by atoms with Crippen molar-refractivity contribution in [2.75, 3.05) is 13.2 Å².